The summed E-state index contributed by atoms with van der Waals surface area (Å²) in [6.45, 7) is 10.5. The maximum atomic E-state index is 6.48. The summed E-state index contributed by atoms with van der Waals surface area (Å²) >= 11 is 0. The zero-order chi connectivity index (χ0) is 14.6. The van der Waals surface area contributed by atoms with Gasteiger partial charge in [-0.25, -0.2) is 0 Å². The molecule has 0 radical (unpaired) electrons. The lowest BCUT2D eigenvalue weighted by Crippen LogP contribution is -2.72. The lowest BCUT2D eigenvalue weighted by Gasteiger charge is -2.65. The van der Waals surface area contributed by atoms with Crippen molar-refractivity contribution >= 4 is 0 Å². The van der Waals surface area contributed by atoms with Crippen molar-refractivity contribution in [2.75, 3.05) is 32.7 Å². The summed E-state index contributed by atoms with van der Waals surface area (Å²) in [6.07, 6.45) is 7.45. The van der Waals surface area contributed by atoms with Crippen molar-refractivity contribution in [2.24, 2.45) is 29.4 Å². The zero-order valence-corrected chi connectivity index (χ0v) is 13.9. The fourth-order valence-electron chi connectivity index (χ4n) is 6.82. The molecule has 3 heteroatoms. The summed E-state index contributed by atoms with van der Waals surface area (Å²) < 4.78 is 0. The molecule has 5 fully saturated rings. The van der Waals surface area contributed by atoms with Crippen LogP contribution in [0.25, 0.3) is 0 Å². The monoisotopic (exact) mass is 291 g/mol. The highest BCUT2D eigenvalue weighted by Gasteiger charge is 2.59. The predicted octanol–water partition coefficient (Wildman–Crippen LogP) is 2.17. The Morgan fingerprint density at radius 3 is 2.10 bits per heavy atom. The van der Waals surface area contributed by atoms with Gasteiger partial charge in [0.2, 0.25) is 0 Å². The van der Waals surface area contributed by atoms with Crippen LogP contribution in [0.1, 0.15) is 46.0 Å². The average Bonchev–Trinajstić information content (AvgIpc) is 2.47. The predicted molar refractivity (Wildman–Crippen MR) is 87.1 cm³/mol. The highest BCUT2D eigenvalue weighted by molar-refractivity contribution is 5.13. The second kappa shape index (κ2) is 5.21. The topological polar surface area (TPSA) is 32.5 Å². The summed E-state index contributed by atoms with van der Waals surface area (Å²) in [6, 6.07) is 0.698. The normalized spacial score (nSPS) is 50.7. The molecule has 2 N–H and O–H groups in total. The van der Waals surface area contributed by atoms with E-state index in [0.29, 0.717) is 11.6 Å². The molecule has 0 aromatic carbocycles. The highest BCUT2D eigenvalue weighted by atomic mass is 15.3. The molecule has 0 aromatic rings. The van der Waals surface area contributed by atoms with E-state index in [0.717, 1.165) is 30.2 Å². The number of nitrogens with zero attached hydrogens (tertiary/aromatic N) is 2. The van der Waals surface area contributed by atoms with Crippen LogP contribution in [-0.4, -0.2) is 54.1 Å². The van der Waals surface area contributed by atoms with Gasteiger partial charge in [0.1, 0.15) is 0 Å². The van der Waals surface area contributed by atoms with Crippen LogP contribution < -0.4 is 5.73 Å². The highest BCUT2D eigenvalue weighted by Crippen LogP contribution is 2.60. The lowest BCUT2D eigenvalue weighted by atomic mass is 9.48. The molecule has 120 valence electrons. The van der Waals surface area contributed by atoms with Crippen molar-refractivity contribution in [1.82, 2.24) is 9.80 Å². The number of likely N-dealkylation sites (N-methyl/N-ethyl adjacent to an activating group) is 1. The Kier molecular flexibility index (Phi) is 3.59. The molecule has 4 saturated carbocycles. The van der Waals surface area contributed by atoms with Gasteiger partial charge in [-0.1, -0.05) is 6.92 Å². The third kappa shape index (κ3) is 2.04. The quantitative estimate of drug-likeness (QED) is 0.865. The SMILES string of the molecule is CCN1CCN(C2(CN)C3CC4CC(C3)CC2C4)CC1C. The molecule has 5 aliphatic rings. The Morgan fingerprint density at radius 1 is 1.00 bits per heavy atom. The van der Waals surface area contributed by atoms with Gasteiger partial charge in [0.25, 0.3) is 0 Å². The van der Waals surface area contributed by atoms with Crippen LogP contribution in [0.2, 0.25) is 0 Å². The first kappa shape index (κ1) is 14.5. The van der Waals surface area contributed by atoms with Crippen LogP contribution in [0, 0.1) is 23.7 Å². The minimum atomic E-state index is 0.363. The number of nitrogens with two attached hydrogens (primary N) is 1. The van der Waals surface area contributed by atoms with Gasteiger partial charge in [0, 0.05) is 37.8 Å². The molecular formula is C18H33N3. The minimum absolute atomic E-state index is 0.363. The van der Waals surface area contributed by atoms with Gasteiger partial charge in [0.05, 0.1) is 0 Å². The first-order valence-electron chi connectivity index (χ1n) is 9.36. The average molecular weight is 291 g/mol. The third-order valence-electron chi connectivity index (χ3n) is 7.64. The van der Waals surface area contributed by atoms with Gasteiger partial charge in [-0.2, -0.15) is 0 Å². The van der Waals surface area contributed by atoms with E-state index in [2.05, 4.69) is 23.6 Å². The molecule has 1 atom stereocenters. The van der Waals surface area contributed by atoms with Crippen molar-refractivity contribution in [3.63, 3.8) is 0 Å². The molecule has 21 heavy (non-hydrogen) atoms. The van der Waals surface area contributed by atoms with E-state index in [1.807, 2.05) is 0 Å². The van der Waals surface area contributed by atoms with E-state index in [4.69, 9.17) is 5.73 Å². The number of hydrogen-bond acceptors (Lipinski definition) is 3. The number of hydrogen-bond donors (Lipinski definition) is 1. The molecule has 1 aliphatic heterocycles. The molecule has 4 aliphatic carbocycles. The molecule has 5 rings (SSSR count). The fraction of sp³-hybridized carbons (Fsp3) is 1.00. The van der Waals surface area contributed by atoms with E-state index in [9.17, 15) is 0 Å². The van der Waals surface area contributed by atoms with Crippen molar-refractivity contribution in [3.05, 3.63) is 0 Å². The van der Waals surface area contributed by atoms with Crippen LogP contribution in [0.5, 0.6) is 0 Å². The summed E-state index contributed by atoms with van der Waals surface area (Å²) in [5.41, 5.74) is 6.84. The van der Waals surface area contributed by atoms with Crippen molar-refractivity contribution < 1.29 is 0 Å². The summed E-state index contributed by atoms with van der Waals surface area (Å²) in [7, 11) is 0. The second-order valence-corrected chi connectivity index (χ2v) is 8.42. The third-order valence-corrected chi connectivity index (χ3v) is 7.64. The van der Waals surface area contributed by atoms with Gasteiger partial charge in [-0.15, -0.1) is 0 Å². The van der Waals surface area contributed by atoms with Crippen molar-refractivity contribution in [2.45, 2.75) is 57.5 Å². The second-order valence-electron chi connectivity index (χ2n) is 8.42. The first-order valence-corrected chi connectivity index (χ1v) is 9.36. The van der Waals surface area contributed by atoms with Gasteiger partial charge in [-0.3, -0.25) is 9.80 Å². The molecule has 1 unspecified atom stereocenters. The molecule has 1 saturated heterocycles. The Labute approximate surface area is 130 Å². The summed E-state index contributed by atoms with van der Waals surface area (Å²) in [4.78, 5) is 5.49. The maximum Gasteiger partial charge on any atom is 0.0389 e. The first-order chi connectivity index (χ1) is 10.2. The molecule has 1 heterocycles. The fourth-order valence-corrected chi connectivity index (χ4v) is 6.82. The molecule has 0 amide bonds. The van der Waals surface area contributed by atoms with Crippen LogP contribution in [0.4, 0.5) is 0 Å². The van der Waals surface area contributed by atoms with E-state index < -0.39 is 0 Å². The van der Waals surface area contributed by atoms with Gasteiger partial charge in [-0.05, 0) is 69.2 Å². The standard InChI is InChI=1S/C18H33N3/c1-3-20-4-5-21(11-13(20)2)18(12-19)16-7-14-6-15(9-16)10-17(18)8-14/h13-17H,3-12,19H2,1-2H3. The largest absolute Gasteiger partial charge is 0.329 e. The number of rotatable bonds is 3. The van der Waals surface area contributed by atoms with Crippen molar-refractivity contribution in [3.8, 4) is 0 Å². The smallest absolute Gasteiger partial charge is 0.0389 e. The van der Waals surface area contributed by atoms with Gasteiger partial charge >= 0.3 is 0 Å². The van der Waals surface area contributed by atoms with E-state index in [1.165, 1.54) is 58.3 Å². The Morgan fingerprint density at radius 2 is 1.62 bits per heavy atom. The summed E-state index contributed by atoms with van der Waals surface area (Å²) in [5.74, 6) is 3.89. The Balaban J connectivity index is 1.59. The minimum Gasteiger partial charge on any atom is -0.329 e. The molecular weight excluding hydrogens is 258 g/mol. The number of piperazine rings is 1. The molecule has 0 aromatic heterocycles. The zero-order valence-electron chi connectivity index (χ0n) is 13.9. The molecule has 0 spiro atoms. The Bertz CT molecular complexity index is 366. The summed E-state index contributed by atoms with van der Waals surface area (Å²) in [5, 5.41) is 0. The molecule has 3 nitrogen and oxygen atoms in total. The van der Waals surface area contributed by atoms with Gasteiger partial charge < -0.3 is 5.73 Å². The molecule has 4 bridgehead atoms. The van der Waals surface area contributed by atoms with Crippen LogP contribution in [0.15, 0.2) is 0 Å². The van der Waals surface area contributed by atoms with Crippen LogP contribution in [-0.2, 0) is 0 Å². The van der Waals surface area contributed by atoms with E-state index >= 15 is 0 Å². The van der Waals surface area contributed by atoms with Crippen molar-refractivity contribution in [1.29, 1.82) is 0 Å². The Hall–Kier alpha value is -0.120. The van der Waals surface area contributed by atoms with Gasteiger partial charge in [0.15, 0.2) is 0 Å². The van der Waals surface area contributed by atoms with Crippen LogP contribution in [0.3, 0.4) is 0 Å². The lowest BCUT2D eigenvalue weighted by molar-refractivity contribution is -0.145. The van der Waals surface area contributed by atoms with E-state index in [-0.39, 0.29) is 0 Å². The maximum absolute atomic E-state index is 6.48. The van der Waals surface area contributed by atoms with Crippen LogP contribution >= 0.6 is 0 Å². The van der Waals surface area contributed by atoms with E-state index in [1.54, 1.807) is 0 Å².